The molecule has 1 aliphatic heterocycles. The Morgan fingerprint density at radius 2 is 0.854 bits per heavy atom. The summed E-state index contributed by atoms with van der Waals surface area (Å²) in [6.07, 6.45) is 1.95. The summed E-state index contributed by atoms with van der Waals surface area (Å²) in [7, 11) is 0. The molecule has 10 aromatic carbocycles. The van der Waals surface area contributed by atoms with Gasteiger partial charge in [0.25, 0.3) is 0 Å². The number of ether oxygens (including phenoxy) is 1. The van der Waals surface area contributed by atoms with Crippen LogP contribution in [0.1, 0.15) is 105 Å². The third-order valence-electron chi connectivity index (χ3n) is 17.2. The van der Waals surface area contributed by atoms with Crippen LogP contribution in [-0.4, -0.2) is 14.1 Å². The van der Waals surface area contributed by atoms with Crippen molar-refractivity contribution < 1.29 is 24.1 Å². The first-order valence-corrected chi connectivity index (χ1v) is 32.0. The van der Waals surface area contributed by atoms with Crippen molar-refractivity contribution in [3.8, 4) is 67.4 Å². The van der Waals surface area contributed by atoms with Crippen molar-refractivity contribution in [3.63, 3.8) is 0 Å². The molecule has 12 aromatic rings. The topological polar surface area (TPSA) is 38.5 Å². The molecule has 0 bridgehead atoms. The Morgan fingerprint density at radius 1 is 0.371 bits per heavy atom. The van der Waals surface area contributed by atoms with Gasteiger partial charge in [-0.2, -0.15) is 0 Å². The molecular weight excluding hydrogens is 1270 g/mol. The standard InChI is InChI=1S/C82H75N5O.Pt/c1-79(2,3)57-39-42-66-65-35-22-23-36-71(65)87(77-51-59(45-46-83-77)81(7,8)9)76-53-64(41-44-68(76)67-43-40-58(80(4,5)6)50-75(67)86(74(66)49-57)61-31-20-15-21-32-61)88-63-34-26-33-62(52-63)84-54-85(73-38-25-24-37-72(73)84)78-69(55-27-16-13-17-28-55)47-60(82(10,11)12)48-70(78)56-29-18-14-19-30-56;/h13-51H,1-12H3;/q-2;. The molecule has 0 N–H and O–H groups in total. The van der Waals surface area contributed by atoms with Gasteiger partial charge in [0.2, 0.25) is 0 Å². The Labute approximate surface area is 536 Å². The molecule has 1 aliphatic rings. The van der Waals surface area contributed by atoms with E-state index in [1.165, 1.54) is 22.3 Å². The second kappa shape index (κ2) is 22.8. The van der Waals surface area contributed by atoms with Crippen LogP contribution in [0.3, 0.4) is 0 Å². The molecule has 0 spiro atoms. The second-order valence-corrected chi connectivity index (χ2v) is 28.5. The molecule has 0 atom stereocenters. The molecule has 2 aromatic heterocycles. The van der Waals surface area contributed by atoms with E-state index < -0.39 is 0 Å². The van der Waals surface area contributed by atoms with Gasteiger partial charge in [-0.1, -0.05) is 117 Å². The van der Waals surface area contributed by atoms with Gasteiger partial charge in [0.05, 0.1) is 5.69 Å². The maximum absolute atomic E-state index is 7.18. The number of nitrogens with zero attached hydrogens (tertiary/aromatic N) is 5. The van der Waals surface area contributed by atoms with Crippen molar-refractivity contribution in [1.29, 1.82) is 0 Å². The third-order valence-corrected chi connectivity index (χ3v) is 18.2. The molecule has 6 nitrogen and oxygen atoms in total. The number of rotatable bonds is 8. The van der Waals surface area contributed by atoms with E-state index in [-0.39, 0.29) is 21.7 Å². The van der Waals surface area contributed by atoms with Crippen molar-refractivity contribution in [1.82, 2.24) is 14.1 Å². The number of hydrogen-bond acceptors (Lipinski definition) is 4. The minimum absolute atomic E-state index is 0.107. The van der Waals surface area contributed by atoms with Gasteiger partial charge in [-0.3, -0.25) is 0 Å². The van der Waals surface area contributed by atoms with Crippen molar-refractivity contribution in [2.24, 2.45) is 0 Å². The quantitative estimate of drug-likeness (QED) is 0.142. The Kier molecular flexibility index (Phi) is 15.1. The average Bonchev–Trinajstić information content (AvgIpc) is 1.74. The van der Waals surface area contributed by atoms with E-state index in [2.05, 4.69) is 358 Å². The van der Waals surface area contributed by atoms with Crippen LogP contribution in [0.25, 0.3) is 66.9 Å². The number of benzene rings is 10. The van der Waals surface area contributed by atoms with Crippen molar-refractivity contribution in [2.75, 3.05) is 9.80 Å². The molecule has 0 amide bonds. The summed E-state index contributed by atoms with van der Waals surface area (Å²) < 4.78 is 12.9. The van der Waals surface area contributed by atoms with E-state index in [0.29, 0.717) is 11.5 Å². The number of aromatic nitrogens is 3. The first kappa shape index (κ1) is 58.9. The van der Waals surface area contributed by atoms with E-state index in [1.807, 2.05) is 12.3 Å². The Bertz CT molecular complexity index is 4640. The molecule has 0 aliphatic carbocycles. The predicted molar refractivity (Wildman–Crippen MR) is 367 cm³/mol. The van der Waals surface area contributed by atoms with E-state index in [9.17, 15) is 0 Å². The van der Waals surface area contributed by atoms with Gasteiger partial charge in [-0.15, -0.1) is 0 Å². The fourth-order valence-corrected chi connectivity index (χ4v) is 13.3. The third kappa shape index (κ3) is 11.2. The summed E-state index contributed by atoms with van der Waals surface area (Å²) in [6.45, 7) is 27.4. The molecule has 0 saturated carbocycles. The van der Waals surface area contributed by atoms with Gasteiger partial charge >= 0.3 is 332 Å². The van der Waals surface area contributed by atoms with Gasteiger partial charge < -0.3 is 4.90 Å². The molecule has 0 fully saturated rings. The molecule has 7 heteroatoms. The number of fused-ring (bicyclic) bond motifs is 7. The molecule has 446 valence electrons. The predicted octanol–water partition coefficient (Wildman–Crippen LogP) is 22.4. The molecule has 89 heavy (non-hydrogen) atoms. The van der Waals surface area contributed by atoms with Gasteiger partial charge in [-0.05, 0) is 63.3 Å². The van der Waals surface area contributed by atoms with Gasteiger partial charge in [0.15, 0.2) is 0 Å². The number of para-hydroxylation sites is 4. The molecule has 3 heterocycles. The zero-order chi connectivity index (χ0) is 62.1. The van der Waals surface area contributed by atoms with Crippen LogP contribution in [0.2, 0.25) is 0 Å². The Morgan fingerprint density at radius 3 is 1.44 bits per heavy atom. The van der Waals surface area contributed by atoms with Crippen molar-refractivity contribution in [3.05, 3.63) is 275 Å². The van der Waals surface area contributed by atoms with Crippen LogP contribution in [0.5, 0.6) is 11.5 Å². The summed E-state index contributed by atoms with van der Waals surface area (Å²) in [5.74, 6) is 1.86. The zero-order valence-electron chi connectivity index (χ0n) is 53.0. The Balaban J connectivity index is 1.03. The van der Waals surface area contributed by atoms with E-state index in [0.717, 1.165) is 105 Å². The van der Waals surface area contributed by atoms with Crippen LogP contribution in [0, 0.1) is 15.9 Å². The van der Waals surface area contributed by atoms with Crippen LogP contribution >= 0.6 is 0 Å². The molecule has 0 unspecified atom stereocenters. The first-order valence-electron chi connectivity index (χ1n) is 30.9. The van der Waals surface area contributed by atoms with Gasteiger partial charge in [0.1, 0.15) is 0 Å². The van der Waals surface area contributed by atoms with Crippen LogP contribution in [-0.2, 0) is 41.0 Å². The summed E-state index contributed by atoms with van der Waals surface area (Å²) in [4.78, 5) is 10.1. The number of anilines is 6. The molecule has 0 saturated heterocycles. The number of imidazole rings is 1. The van der Waals surface area contributed by atoms with E-state index in [1.54, 1.807) is 0 Å². The normalized spacial score (nSPS) is 12.7. The monoisotopic (exact) mass is 1340 g/mol. The summed E-state index contributed by atoms with van der Waals surface area (Å²) in [5, 5.41) is 0. The van der Waals surface area contributed by atoms with Crippen molar-refractivity contribution >= 4 is 45.3 Å². The SMILES string of the molecule is CC(C)(C)c1ccnc(N2c3[c-]c(Oc4[c-]c(-n5[c](=[Pt])n(-c6c(-c7ccccc7)cc(C(C)(C)C)cc6-c6ccccc6)c6ccccc65)ccc4)ccc3-c3ccc(C(C)(C)C)cc3N(c3ccccc3)c3cc(C(C)(C)C)ccc3-c3ccccc32)c1. The number of hydrogen-bond donors (Lipinski definition) is 0. The first-order chi connectivity index (χ1) is 42.6. The Hall–Kier alpha value is -9.09. The fourth-order valence-electron chi connectivity index (χ4n) is 12.3. The van der Waals surface area contributed by atoms with E-state index in [4.69, 9.17) is 9.72 Å². The van der Waals surface area contributed by atoms with Crippen LogP contribution in [0.15, 0.2) is 237 Å². The van der Waals surface area contributed by atoms with Gasteiger partial charge in [0, 0.05) is 17.4 Å². The fraction of sp³-hybridized carbons (Fsp3) is 0.195. The average molecular weight is 1340 g/mol. The second-order valence-electron chi connectivity index (χ2n) is 27.5. The minimum atomic E-state index is -0.164. The molecular formula is C82H75N5OPt-2. The summed E-state index contributed by atoms with van der Waals surface area (Å²) in [5.41, 5.74) is 22.1. The van der Waals surface area contributed by atoms with Crippen LogP contribution in [0.4, 0.5) is 34.3 Å². The van der Waals surface area contributed by atoms with Crippen molar-refractivity contribution in [2.45, 2.75) is 105 Å². The number of pyridine rings is 1. The molecule has 13 rings (SSSR count). The van der Waals surface area contributed by atoms with E-state index >= 15 is 0 Å². The molecule has 0 radical (unpaired) electrons. The van der Waals surface area contributed by atoms with Crippen LogP contribution < -0.4 is 14.5 Å². The summed E-state index contributed by atoms with van der Waals surface area (Å²) >= 11 is 2.52. The van der Waals surface area contributed by atoms with Gasteiger partial charge in [-0.25, -0.2) is 0 Å². The summed E-state index contributed by atoms with van der Waals surface area (Å²) in [6, 6.07) is 91.4. The zero-order valence-corrected chi connectivity index (χ0v) is 55.2. The maximum atomic E-state index is 7.18.